The summed E-state index contributed by atoms with van der Waals surface area (Å²) in [6.45, 7) is 4.32. The second kappa shape index (κ2) is 9.34. The maximum absolute atomic E-state index is 13.6. The highest BCUT2D eigenvalue weighted by molar-refractivity contribution is 7.99. The van der Waals surface area contributed by atoms with Crippen LogP contribution in [-0.4, -0.2) is 26.2 Å². The SMILES string of the molecule is CCC(C)Sc1ccc(NC(=O)c2cn(Cc3ccccc3)nn2)c(C(F)(F)F)c1. The van der Waals surface area contributed by atoms with Gasteiger partial charge in [-0.25, -0.2) is 4.68 Å². The normalized spacial score (nSPS) is 12.6. The number of amides is 1. The minimum Gasteiger partial charge on any atom is -0.320 e. The number of halogens is 3. The molecule has 0 aliphatic rings. The number of alkyl halides is 3. The van der Waals surface area contributed by atoms with Crippen molar-refractivity contribution in [3.05, 3.63) is 71.5 Å². The largest absolute Gasteiger partial charge is 0.418 e. The van der Waals surface area contributed by atoms with Crippen molar-refractivity contribution in [2.45, 2.75) is 43.1 Å². The van der Waals surface area contributed by atoms with E-state index in [1.54, 1.807) is 6.07 Å². The van der Waals surface area contributed by atoms with Gasteiger partial charge in [0.25, 0.3) is 5.91 Å². The van der Waals surface area contributed by atoms with Gasteiger partial charge in [-0.3, -0.25) is 4.79 Å². The molecule has 1 amide bonds. The molecule has 0 radical (unpaired) electrons. The van der Waals surface area contributed by atoms with E-state index in [9.17, 15) is 18.0 Å². The lowest BCUT2D eigenvalue weighted by molar-refractivity contribution is -0.137. The van der Waals surface area contributed by atoms with Crippen LogP contribution in [0.1, 0.15) is 41.9 Å². The Morgan fingerprint density at radius 2 is 1.93 bits per heavy atom. The molecule has 3 aromatic rings. The minimum absolute atomic E-state index is 0.0582. The molecule has 1 unspecified atom stereocenters. The predicted molar refractivity (Wildman–Crippen MR) is 111 cm³/mol. The average molecular weight is 434 g/mol. The van der Waals surface area contributed by atoms with E-state index in [0.717, 1.165) is 18.1 Å². The standard InChI is InChI=1S/C21H21F3N4OS/c1-3-14(2)30-16-9-10-18(17(11-16)21(22,23)24)25-20(29)19-13-28(27-26-19)12-15-7-5-4-6-8-15/h4-11,13-14H,3,12H2,1-2H3,(H,25,29). The molecule has 0 bridgehead atoms. The van der Waals surface area contributed by atoms with Gasteiger partial charge in [-0.2, -0.15) is 13.2 Å². The molecule has 0 fully saturated rings. The lowest BCUT2D eigenvalue weighted by Gasteiger charge is -2.16. The van der Waals surface area contributed by atoms with Gasteiger partial charge in [0, 0.05) is 10.1 Å². The summed E-state index contributed by atoms with van der Waals surface area (Å²) in [5, 5.41) is 10.2. The zero-order chi connectivity index (χ0) is 21.7. The Labute approximate surface area is 176 Å². The van der Waals surface area contributed by atoms with Gasteiger partial charge in [0.2, 0.25) is 0 Å². The Morgan fingerprint density at radius 1 is 1.20 bits per heavy atom. The third-order valence-electron chi connectivity index (χ3n) is 4.42. The molecule has 1 heterocycles. The maximum atomic E-state index is 13.6. The first kappa shape index (κ1) is 21.9. The number of hydrogen-bond donors (Lipinski definition) is 1. The molecule has 30 heavy (non-hydrogen) atoms. The zero-order valence-corrected chi connectivity index (χ0v) is 17.3. The summed E-state index contributed by atoms with van der Waals surface area (Å²) in [5.74, 6) is -0.748. The van der Waals surface area contributed by atoms with E-state index in [2.05, 4.69) is 15.6 Å². The Hall–Kier alpha value is -2.81. The number of hydrogen-bond acceptors (Lipinski definition) is 4. The third kappa shape index (κ3) is 5.63. The molecule has 9 heteroatoms. The van der Waals surface area contributed by atoms with Crippen LogP contribution in [0.3, 0.4) is 0 Å². The molecule has 5 nitrogen and oxygen atoms in total. The second-order valence-corrected chi connectivity index (χ2v) is 8.29. The summed E-state index contributed by atoms with van der Waals surface area (Å²) >= 11 is 1.36. The highest BCUT2D eigenvalue weighted by atomic mass is 32.2. The molecular weight excluding hydrogens is 413 g/mol. The van der Waals surface area contributed by atoms with Crippen LogP contribution in [0.4, 0.5) is 18.9 Å². The van der Waals surface area contributed by atoms with Gasteiger partial charge < -0.3 is 5.32 Å². The van der Waals surface area contributed by atoms with Crippen LogP contribution in [0.25, 0.3) is 0 Å². The minimum atomic E-state index is -4.60. The van der Waals surface area contributed by atoms with E-state index in [0.29, 0.717) is 11.4 Å². The summed E-state index contributed by atoms with van der Waals surface area (Å²) < 4.78 is 42.1. The topological polar surface area (TPSA) is 59.8 Å². The van der Waals surface area contributed by atoms with Crippen LogP contribution >= 0.6 is 11.8 Å². The molecule has 1 aromatic heterocycles. The van der Waals surface area contributed by atoms with Crippen molar-refractivity contribution in [3.63, 3.8) is 0 Å². The van der Waals surface area contributed by atoms with Gasteiger partial charge in [-0.1, -0.05) is 49.4 Å². The Balaban J connectivity index is 1.77. The molecule has 0 saturated carbocycles. The van der Waals surface area contributed by atoms with Crippen molar-refractivity contribution in [1.29, 1.82) is 0 Å². The van der Waals surface area contributed by atoms with Crippen molar-refractivity contribution < 1.29 is 18.0 Å². The monoisotopic (exact) mass is 434 g/mol. The van der Waals surface area contributed by atoms with Gasteiger partial charge in [0.05, 0.1) is 24.0 Å². The van der Waals surface area contributed by atoms with Crippen molar-refractivity contribution >= 4 is 23.4 Å². The highest BCUT2D eigenvalue weighted by Crippen LogP contribution is 2.38. The number of thioether (sulfide) groups is 1. The molecule has 0 saturated heterocycles. The molecule has 158 valence electrons. The van der Waals surface area contributed by atoms with E-state index in [-0.39, 0.29) is 16.6 Å². The van der Waals surface area contributed by atoms with Crippen molar-refractivity contribution in [1.82, 2.24) is 15.0 Å². The molecule has 1 N–H and O–H groups in total. The first-order chi connectivity index (χ1) is 14.3. The summed E-state index contributed by atoms with van der Waals surface area (Å²) in [6.07, 6.45) is -2.36. The smallest absolute Gasteiger partial charge is 0.320 e. The summed E-state index contributed by atoms with van der Waals surface area (Å²) in [6, 6.07) is 13.4. The lowest BCUT2D eigenvalue weighted by atomic mass is 10.1. The van der Waals surface area contributed by atoms with Crippen LogP contribution in [0.2, 0.25) is 0 Å². The summed E-state index contributed by atoms with van der Waals surface area (Å²) in [7, 11) is 0. The van der Waals surface area contributed by atoms with Crippen LogP contribution < -0.4 is 5.32 Å². The molecule has 0 spiro atoms. The van der Waals surface area contributed by atoms with Crippen molar-refractivity contribution in [2.24, 2.45) is 0 Å². The molecule has 0 aliphatic heterocycles. The molecule has 1 atom stereocenters. The van der Waals surface area contributed by atoms with E-state index in [4.69, 9.17) is 0 Å². The van der Waals surface area contributed by atoms with E-state index in [1.165, 1.54) is 28.7 Å². The fourth-order valence-electron chi connectivity index (χ4n) is 2.69. The highest BCUT2D eigenvalue weighted by Gasteiger charge is 2.34. The Morgan fingerprint density at radius 3 is 2.60 bits per heavy atom. The fourth-order valence-corrected chi connectivity index (χ4v) is 3.66. The van der Waals surface area contributed by atoms with Crippen molar-refractivity contribution in [3.8, 4) is 0 Å². The fraction of sp³-hybridized carbons (Fsp3) is 0.286. The molecule has 3 rings (SSSR count). The first-order valence-electron chi connectivity index (χ1n) is 9.39. The Kier molecular flexibility index (Phi) is 6.81. The number of rotatable bonds is 7. The van der Waals surface area contributed by atoms with E-state index >= 15 is 0 Å². The van der Waals surface area contributed by atoms with Gasteiger partial charge in [0.15, 0.2) is 5.69 Å². The second-order valence-electron chi connectivity index (χ2n) is 6.78. The quantitative estimate of drug-likeness (QED) is 0.500. The van der Waals surface area contributed by atoms with Crippen LogP contribution in [0.5, 0.6) is 0 Å². The van der Waals surface area contributed by atoms with Gasteiger partial charge in [0.1, 0.15) is 0 Å². The van der Waals surface area contributed by atoms with Gasteiger partial charge in [-0.15, -0.1) is 16.9 Å². The molecule has 0 aliphatic carbocycles. The maximum Gasteiger partial charge on any atom is 0.418 e. The number of carbonyl (C=O) groups excluding carboxylic acids is 1. The van der Waals surface area contributed by atoms with E-state index in [1.807, 2.05) is 44.2 Å². The summed E-state index contributed by atoms with van der Waals surface area (Å²) in [5.41, 5.74) is -0.292. The molecule has 2 aromatic carbocycles. The number of benzene rings is 2. The first-order valence-corrected chi connectivity index (χ1v) is 10.3. The van der Waals surface area contributed by atoms with Crippen LogP contribution in [-0.2, 0) is 12.7 Å². The van der Waals surface area contributed by atoms with Crippen molar-refractivity contribution in [2.75, 3.05) is 5.32 Å². The van der Waals surface area contributed by atoms with E-state index < -0.39 is 17.6 Å². The number of nitrogens with zero attached hydrogens (tertiary/aromatic N) is 3. The predicted octanol–water partition coefficient (Wildman–Crippen LogP) is 5.49. The van der Waals surface area contributed by atoms with Crippen LogP contribution in [0, 0.1) is 0 Å². The molecular formula is C21H21F3N4OS. The van der Waals surface area contributed by atoms with Crippen LogP contribution in [0.15, 0.2) is 59.6 Å². The summed E-state index contributed by atoms with van der Waals surface area (Å²) in [4.78, 5) is 13.0. The lowest BCUT2D eigenvalue weighted by Crippen LogP contribution is -2.17. The number of nitrogens with one attached hydrogen (secondary N) is 1. The Bertz CT molecular complexity index is 1000. The third-order valence-corrected chi connectivity index (χ3v) is 5.68. The van der Waals surface area contributed by atoms with Gasteiger partial charge in [-0.05, 0) is 30.2 Å². The number of carbonyl (C=O) groups is 1. The zero-order valence-electron chi connectivity index (χ0n) is 16.5. The van der Waals surface area contributed by atoms with Gasteiger partial charge >= 0.3 is 6.18 Å². The number of aromatic nitrogens is 3. The average Bonchev–Trinajstić information content (AvgIpc) is 3.17. The number of anilines is 1.